The van der Waals surface area contributed by atoms with E-state index in [9.17, 15) is 4.39 Å². The second-order valence-electron chi connectivity index (χ2n) is 7.88. The fourth-order valence-electron chi connectivity index (χ4n) is 3.79. The third-order valence-corrected chi connectivity index (χ3v) is 5.76. The van der Waals surface area contributed by atoms with Crippen LogP contribution in [0.3, 0.4) is 0 Å². The maximum Gasteiger partial charge on any atom is 0.131 e. The van der Waals surface area contributed by atoms with Gasteiger partial charge >= 0.3 is 0 Å². The van der Waals surface area contributed by atoms with Crippen LogP contribution in [0.2, 0.25) is 0 Å². The zero-order valence-electron chi connectivity index (χ0n) is 17.2. The van der Waals surface area contributed by atoms with Crippen LogP contribution in [-0.4, -0.2) is 0 Å². The van der Waals surface area contributed by atoms with Gasteiger partial charge in [0.1, 0.15) is 5.82 Å². The van der Waals surface area contributed by atoms with Gasteiger partial charge in [-0.2, -0.15) is 0 Å². The first-order valence-corrected chi connectivity index (χ1v) is 10.8. The Kier molecular flexibility index (Phi) is 7.49. The fourth-order valence-corrected chi connectivity index (χ4v) is 3.79. The average molecular weight is 375 g/mol. The monoisotopic (exact) mass is 374 g/mol. The lowest BCUT2D eigenvalue weighted by molar-refractivity contribution is 0.460. The van der Waals surface area contributed by atoms with E-state index in [4.69, 9.17) is 0 Å². The van der Waals surface area contributed by atoms with Crippen molar-refractivity contribution in [3.8, 4) is 23.0 Å². The van der Waals surface area contributed by atoms with Crippen LogP contribution in [0.5, 0.6) is 0 Å². The molecule has 0 fully saturated rings. The van der Waals surface area contributed by atoms with Gasteiger partial charge in [-0.05, 0) is 72.9 Å². The largest absolute Gasteiger partial charge is 0.206 e. The van der Waals surface area contributed by atoms with Crippen LogP contribution in [-0.2, 0) is 6.42 Å². The van der Waals surface area contributed by atoms with Crippen LogP contribution < -0.4 is 0 Å². The summed E-state index contributed by atoms with van der Waals surface area (Å²) < 4.78 is 14.6. The fraction of sp³-hybridized carbons (Fsp3) is 0.407. The maximum atomic E-state index is 14.6. The van der Waals surface area contributed by atoms with E-state index in [0.717, 1.165) is 48.3 Å². The van der Waals surface area contributed by atoms with Gasteiger partial charge in [-0.1, -0.05) is 75.3 Å². The van der Waals surface area contributed by atoms with Crippen molar-refractivity contribution in [3.63, 3.8) is 0 Å². The molecule has 0 aromatic heterocycles. The molecule has 0 aliphatic heterocycles. The van der Waals surface area contributed by atoms with Gasteiger partial charge in [-0.15, -0.1) is 0 Å². The molecule has 2 aromatic rings. The maximum absolute atomic E-state index is 14.6. The molecule has 0 nitrogen and oxygen atoms in total. The van der Waals surface area contributed by atoms with E-state index in [-0.39, 0.29) is 5.82 Å². The van der Waals surface area contributed by atoms with Gasteiger partial charge < -0.3 is 0 Å². The normalized spacial score (nSPS) is 16.2. The van der Waals surface area contributed by atoms with Gasteiger partial charge in [-0.3, -0.25) is 0 Å². The zero-order valence-corrected chi connectivity index (χ0v) is 17.2. The minimum Gasteiger partial charge on any atom is -0.206 e. The van der Waals surface area contributed by atoms with Crippen LogP contribution in [0.1, 0.15) is 69.9 Å². The molecule has 146 valence electrons. The van der Waals surface area contributed by atoms with Crippen molar-refractivity contribution >= 4 is 0 Å². The van der Waals surface area contributed by atoms with Crippen LogP contribution >= 0.6 is 0 Å². The van der Waals surface area contributed by atoms with Crippen LogP contribution in [0.4, 0.5) is 4.39 Å². The van der Waals surface area contributed by atoms with Crippen molar-refractivity contribution in [2.75, 3.05) is 0 Å². The molecular formula is C27H31F. The third kappa shape index (κ3) is 5.59. The Hall–Kier alpha value is -2.33. The van der Waals surface area contributed by atoms with Crippen molar-refractivity contribution in [1.29, 1.82) is 0 Å². The van der Waals surface area contributed by atoms with E-state index in [0.29, 0.717) is 5.56 Å². The Morgan fingerprint density at radius 3 is 2.46 bits per heavy atom. The van der Waals surface area contributed by atoms with Gasteiger partial charge in [0.2, 0.25) is 0 Å². The summed E-state index contributed by atoms with van der Waals surface area (Å²) in [6, 6.07) is 13.6. The number of allylic oxidation sites excluding steroid dienone is 2. The van der Waals surface area contributed by atoms with Crippen molar-refractivity contribution < 1.29 is 4.39 Å². The quantitative estimate of drug-likeness (QED) is 0.359. The van der Waals surface area contributed by atoms with E-state index in [1.54, 1.807) is 6.07 Å². The molecule has 0 bridgehead atoms. The molecule has 0 amide bonds. The molecule has 0 saturated heterocycles. The summed E-state index contributed by atoms with van der Waals surface area (Å²) in [5.41, 5.74) is 4.91. The SMILES string of the molecule is CCCCCc1ccc(-c2ccc(C#CC3=CCC(CC)CC3)cc2)c(F)c1. The number of aryl methyl sites for hydroxylation is 1. The Labute approximate surface area is 169 Å². The molecule has 0 saturated carbocycles. The summed E-state index contributed by atoms with van der Waals surface area (Å²) in [6.45, 7) is 4.45. The average Bonchev–Trinajstić information content (AvgIpc) is 2.73. The molecule has 1 heteroatoms. The molecule has 1 atom stereocenters. The number of unbranched alkanes of at least 4 members (excludes halogenated alkanes) is 2. The summed E-state index contributed by atoms with van der Waals surface area (Å²) in [6.07, 6.45) is 11.5. The standard InChI is InChI=1S/C27H31F/c1-3-5-6-7-24-16-19-26(27(28)20-24)25-17-14-23(15-18-25)13-12-22-10-8-21(4-2)9-11-22/h10,14-21H,3-9,11H2,1-2H3. The van der Waals surface area contributed by atoms with Crippen LogP contribution in [0, 0.1) is 23.6 Å². The Morgan fingerprint density at radius 1 is 1.00 bits per heavy atom. The van der Waals surface area contributed by atoms with Gasteiger partial charge in [0.25, 0.3) is 0 Å². The minimum absolute atomic E-state index is 0.134. The summed E-state index contributed by atoms with van der Waals surface area (Å²) in [5.74, 6) is 7.29. The molecule has 1 aliphatic rings. The summed E-state index contributed by atoms with van der Waals surface area (Å²) in [5, 5.41) is 0. The first-order chi connectivity index (χ1) is 13.7. The molecule has 0 spiro atoms. The molecule has 0 heterocycles. The predicted molar refractivity (Wildman–Crippen MR) is 118 cm³/mol. The van der Waals surface area contributed by atoms with Crippen LogP contribution in [0.15, 0.2) is 54.1 Å². The number of halogens is 1. The van der Waals surface area contributed by atoms with Crippen molar-refractivity contribution in [2.24, 2.45) is 5.92 Å². The van der Waals surface area contributed by atoms with E-state index < -0.39 is 0 Å². The Morgan fingerprint density at radius 2 is 1.82 bits per heavy atom. The highest BCUT2D eigenvalue weighted by molar-refractivity contribution is 5.65. The lowest BCUT2D eigenvalue weighted by Crippen LogP contribution is -2.03. The van der Waals surface area contributed by atoms with E-state index >= 15 is 0 Å². The van der Waals surface area contributed by atoms with E-state index in [1.807, 2.05) is 30.3 Å². The number of hydrogen-bond donors (Lipinski definition) is 0. The highest BCUT2D eigenvalue weighted by Gasteiger charge is 2.11. The topological polar surface area (TPSA) is 0 Å². The zero-order chi connectivity index (χ0) is 19.8. The lowest BCUT2D eigenvalue weighted by Gasteiger charge is -2.17. The smallest absolute Gasteiger partial charge is 0.131 e. The van der Waals surface area contributed by atoms with Gasteiger partial charge in [0.15, 0.2) is 0 Å². The molecule has 2 aromatic carbocycles. The highest BCUT2D eigenvalue weighted by atomic mass is 19.1. The molecule has 3 rings (SSSR count). The summed E-state index contributed by atoms with van der Waals surface area (Å²) in [7, 11) is 0. The number of benzene rings is 2. The molecule has 1 aliphatic carbocycles. The summed E-state index contributed by atoms with van der Waals surface area (Å²) >= 11 is 0. The minimum atomic E-state index is -0.134. The van der Waals surface area contributed by atoms with Gasteiger partial charge in [0.05, 0.1) is 0 Å². The molecule has 0 radical (unpaired) electrons. The molecular weight excluding hydrogens is 343 g/mol. The van der Waals surface area contributed by atoms with E-state index in [1.165, 1.54) is 31.3 Å². The first-order valence-electron chi connectivity index (χ1n) is 10.8. The summed E-state index contributed by atoms with van der Waals surface area (Å²) in [4.78, 5) is 0. The van der Waals surface area contributed by atoms with Gasteiger partial charge in [0, 0.05) is 11.1 Å². The third-order valence-electron chi connectivity index (χ3n) is 5.76. The van der Waals surface area contributed by atoms with Crippen LogP contribution in [0.25, 0.3) is 11.1 Å². The highest BCUT2D eigenvalue weighted by Crippen LogP contribution is 2.26. The second-order valence-corrected chi connectivity index (χ2v) is 7.88. The first kappa shape index (κ1) is 20.4. The Balaban J connectivity index is 1.66. The molecule has 0 N–H and O–H groups in total. The Bertz CT molecular complexity index is 861. The molecule has 28 heavy (non-hydrogen) atoms. The predicted octanol–water partition coefficient (Wildman–Crippen LogP) is 7.71. The number of rotatable bonds is 6. The van der Waals surface area contributed by atoms with Crippen molar-refractivity contribution in [3.05, 3.63) is 71.1 Å². The number of hydrogen-bond acceptors (Lipinski definition) is 0. The second kappa shape index (κ2) is 10.3. The lowest BCUT2D eigenvalue weighted by atomic mass is 9.88. The van der Waals surface area contributed by atoms with Crippen molar-refractivity contribution in [1.82, 2.24) is 0 Å². The van der Waals surface area contributed by atoms with Crippen molar-refractivity contribution in [2.45, 2.75) is 65.2 Å². The van der Waals surface area contributed by atoms with Gasteiger partial charge in [-0.25, -0.2) is 4.39 Å². The molecule has 1 unspecified atom stereocenters. The van der Waals surface area contributed by atoms with E-state index in [2.05, 4.69) is 37.8 Å².